The average molecular weight is 359 g/mol. The van der Waals surface area contributed by atoms with Gasteiger partial charge in [0, 0.05) is 18.8 Å². The summed E-state index contributed by atoms with van der Waals surface area (Å²) in [4.78, 5) is 26.0. The van der Waals surface area contributed by atoms with E-state index in [4.69, 9.17) is 9.84 Å². The van der Waals surface area contributed by atoms with Crippen LogP contribution in [0.15, 0.2) is 35.5 Å². The predicted octanol–water partition coefficient (Wildman–Crippen LogP) is 0.827. The number of hydrogen-bond donors (Lipinski definition) is 3. The van der Waals surface area contributed by atoms with Crippen LogP contribution < -0.4 is 10.6 Å². The molecule has 3 N–H and O–H groups in total. The number of aliphatic hydroxyl groups excluding tert-OH is 1. The zero-order chi connectivity index (χ0) is 18.5. The number of rotatable bonds is 6. The number of nitrogens with zero attached hydrogens (tertiary/aromatic N) is 1. The molecule has 1 amide bonds. The number of carbonyl (C=O) groups excluding carboxylic acids is 2. The lowest BCUT2D eigenvalue weighted by molar-refractivity contribution is -0.136. The van der Waals surface area contributed by atoms with E-state index in [2.05, 4.69) is 22.8 Å². The Balaban J connectivity index is 1.76. The van der Waals surface area contributed by atoms with E-state index in [9.17, 15) is 9.59 Å². The highest BCUT2D eigenvalue weighted by atomic mass is 16.5. The number of amides is 1. The Hall–Kier alpha value is -2.38. The molecule has 1 fully saturated rings. The minimum atomic E-state index is -0.536. The molecule has 7 heteroatoms. The normalized spacial score (nSPS) is 20.5. The number of hydrogen-bond acceptors (Lipinski definition) is 6. The first kappa shape index (κ1) is 18.4. The molecule has 2 aliphatic heterocycles. The number of β-amino-alcohol motifs (C(OH)–C–C–N with tert-alkyl or cyclic N) is 1. The second-order valence-electron chi connectivity index (χ2n) is 6.59. The van der Waals surface area contributed by atoms with Crippen molar-refractivity contribution in [3.05, 3.63) is 41.1 Å². The molecule has 7 nitrogen and oxygen atoms in total. The summed E-state index contributed by atoms with van der Waals surface area (Å²) in [6, 6.07) is 7.97. The maximum absolute atomic E-state index is 12.5. The van der Waals surface area contributed by atoms with Gasteiger partial charge in [0.2, 0.25) is 0 Å². The predicted molar refractivity (Wildman–Crippen MR) is 97.6 cm³/mol. The van der Waals surface area contributed by atoms with Gasteiger partial charge < -0.3 is 25.4 Å². The van der Waals surface area contributed by atoms with Crippen LogP contribution in [0.5, 0.6) is 0 Å². The number of carbonyl (C=O) groups is 2. The fourth-order valence-electron chi connectivity index (χ4n) is 3.47. The number of anilines is 1. The molecular weight excluding hydrogens is 334 g/mol. The van der Waals surface area contributed by atoms with E-state index in [1.165, 1.54) is 30.4 Å². The second kappa shape index (κ2) is 8.33. The third-order valence-electron chi connectivity index (χ3n) is 4.90. The van der Waals surface area contributed by atoms with Crippen molar-refractivity contribution in [3.8, 4) is 0 Å². The highest BCUT2D eigenvalue weighted by Gasteiger charge is 2.34. The van der Waals surface area contributed by atoms with E-state index in [0.717, 1.165) is 18.8 Å². The van der Waals surface area contributed by atoms with Crippen molar-refractivity contribution < 1.29 is 19.4 Å². The van der Waals surface area contributed by atoms with Gasteiger partial charge in [-0.2, -0.15) is 0 Å². The Kier molecular flexibility index (Phi) is 5.90. The molecule has 0 spiro atoms. The lowest BCUT2D eigenvalue weighted by Gasteiger charge is -2.23. The van der Waals surface area contributed by atoms with E-state index in [-0.39, 0.29) is 36.9 Å². The fraction of sp³-hybridized carbons (Fsp3) is 0.474. The number of aliphatic hydroxyl groups is 1. The fourth-order valence-corrected chi connectivity index (χ4v) is 3.47. The zero-order valence-electron chi connectivity index (χ0n) is 15.0. The van der Waals surface area contributed by atoms with Crippen LogP contribution in [0.25, 0.3) is 0 Å². The van der Waals surface area contributed by atoms with Crippen LogP contribution in [0.2, 0.25) is 0 Å². The molecule has 1 aromatic rings. The number of esters is 1. The standard InChI is InChI=1S/C19H25N3O4/c1-26-19(25)16-12-22(9-10-23)18(24)17(16)21-15-6-4-13(5-7-15)14-3-2-8-20-11-14/h4-7,14,20-21,23H,2-3,8-12H2,1H3. The highest BCUT2D eigenvalue weighted by molar-refractivity contribution is 6.08. The molecule has 1 saturated heterocycles. The monoisotopic (exact) mass is 359 g/mol. The third-order valence-corrected chi connectivity index (χ3v) is 4.90. The first-order chi connectivity index (χ1) is 12.6. The van der Waals surface area contributed by atoms with Gasteiger partial charge >= 0.3 is 5.97 Å². The van der Waals surface area contributed by atoms with Crippen LogP contribution in [0.1, 0.15) is 24.3 Å². The van der Waals surface area contributed by atoms with Gasteiger partial charge in [-0.3, -0.25) is 4.79 Å². The van der Waals surface area contributed by atoms with Crippen LogP contribution in [0, 0.1) is 0 Å². The summed E-state index contributed by atoms with van der Waals surface area (Å²) in [6.45, 7) is 2.22. The lowest BCUT2D eigenvalue weighted by atomic mass is 9.91. The van der Waals surface area contributed by atoms with Crippen LogP contribution in [-0.4, -0.2) is 61.8 Å². The van der Waals surface area contributed by atoms with Crippen molar-refractivity contribution in [1.82, 2.24) is 10.2 Å². The molecule has 0 aromatic heterocycles. The molecular formula is C19H25N3O4. The van der Waals surface area contributed by atoms with Crippen molar-refractivity contribution in [1.29, 1.82) is 0 Å². The molecule has 0 radical (unpaired) electrons. The summed E-state index contributed by atoms with van der Waals surface area (Å²) in [7, 11) is 1.29. The molecule has 1 aromatic carbocycles. The van der Waals surface area contributed by atoms with Gasteiger partial charge in [0.05, 0.1) is 25.8 Å². The van der Waals surface area contributed by atoms with Gasteiger partial charge in [-0.15, -0.1) is 0 Å². The van der Waals surface area contributed by atoms with E-state index < -0.39 is 5.97 Å². The second-order valence-corrected chi connectivity index (χ2v) is 6.59. The van der Waals surface area contributed by atoms with Crippen molar-refractivity contribution in [2.24, 2.45) is 0 Å². The summed E-state index contributed by atoms with van der Waals surface area (Å²) in [5.74, 6) is -0.331. The summed E-state index contributed by atoms with van der Waals surface area (Å²) < 4.78 is 4.79. The highest BCUT2D eigenvalue weighted by Crippen LogP contribution is 2.26. The van der Waals surface area contributed by atoms with Crippen LogP contribution >= 0.6 is 0 Å². The zero-order valence-corrected chi connectivity index (χ0v) is 15.0. The van der Waals surface area contributed by atoms with Crippen molar-refractivity contribution in [2.75, 3.05) is 45.2 Å². The molecule has 2 heterocycles. The summed E-state index contributed by atoms with van der Waals surface area (Å²) in [5, 5.41) is 15.6. The molecule has 3 rings (SSSR count). The Labute approximate surface area is 153 Å². The number of ether oxygens (including phenoxy) is 1. The van der Waals surface area contributed by atoms with Gasteiger partial charge in [-0.25, -0.2) is 4.79 Å². The largest absolute Gasteiger partial charge is 0.466 e. The smallest absolute Gasteiger partial charge is 0.337 e. The Morgan fingerprint density at radius 2 is 2.15 bits per heavy atom. The summed E-state index contributed by atoms with van der Waals surface area (Å²) in [6.07, 6.45) is 2.35. The van der Waals surface area contributed by atoms with Crippen molar-refractivity contribution >= 4 is 17.6 Å². The molecule has 26 heavy (non-hydrogen) atoms. The third kappa shape index (κ3) is 3.89. The first-order valence-corrected chi connectivity index (χ1v) is 8.93. The summed E-state index contributed by atoms with van der Waals surface area (Å²) >= 11 is 0. The van der Waals surface area contributed by atoms with Crippen LogP contribution in [0.3, 0.4) is 0 Å². The Morgan fingerprint density at radius 3 is 2.77 bits per heavy atom. The number of methoxy groups -OCH3 is 1. The number of benzene rings is 1. The van der Waals surface area contributed by atoms with Gasteiger partial charge in [0.15, 0.2) is 0 Å². The number of nitrogens with one attached hydrogen (secondary N) is 2. The van der Waals surface area contributed by atoms with Gasteiger partial charge in [0.25, 0.3) is 5.91 Å². The molecule has 2 aliphatic rings. The molecule has 0 bridgehead atoms. The van der Waals surface area contributed by atoms with E-state index in [1.807, 2.05) is 12.1 Å². The van der Waals surface area contributed by atoms with Gasteiger partial charge in [-0.1, -0.05) is 12.1 Å². The van der Waals surface area contributed by atoms with E-state index in [1.54, 1.807) is 0 Å². The molecule has 140 valence electrons. The molecule has 1 atom stereocenters. The van der Waals surface area contributed by atoms with E-state index >= 15 is 0 Å². The molecule has 1 unspecified atom stereocenters. The minimum Gasteiger partial charge on any atom is -0.466 e. The quantitative estimate of drug-likeness (QED) is 0.652. The minimum absolute atomic E-state index is 0.139. The SMILES string of the molecule is COC(=O)C1=C(Nc2ccc(C3CCCNC3)cc2)C(=O)N(CCO)C1. The van der Waals surface area contributed by atoms with Gasteiger partial charge in [0.1, 0.15) is 5.70 Å². The maximum atomic E-state index is 12.5. The van der Waals surface area contributed by atoms with Crippen molar-refractivity contribution in [2.45, 2.75) is 18.8 Å². The van der Waals surface area contributed by atoms with Crippen LogP contribution in [-0.2, 0) is 14.3 Å². The maximum Gasteiger partial charge on any atom is 0.337 e. The van der Waals surface area contributed by atoms with Crippen molar-refractivity contribution in [3.63, 3.8) is 0 Å². The van der Waals surface area contributed by atoms with Gasteiger partial charge in [-0.05, 0) is 43.0 Å². The van der Waals surface area contributed by atoms with Crippen LogP contribution in [0.4, 0.5) is 5.69 Å². The molecule has 0 saturated carbocycles. The Morgan fingerprint density at radius 1 is 1.38 bits per heavy atom. The summed E-state index contributed by atoms with van der Waals surface area (Å²) in [5.41, 5.74) is 2.52. The van der Waals surface area contributed by atoms with E-state index in [0.29, 0.717) is 5.92 Å². The first-order valence-electron chi connectivity index (χ1n) is 8.93. The Bertz CT molecular complexity index is 693. The lowest BCUT2D eigenvalue weighted by Crippen LogP contribution is -2.31. The molecule has 0 aliphatic carbocycles. The topological polar surface area (TPSA) is 90.9 Å². The average Bonchev–Trinajstić information content (AvgIpc) is 2.99. The number of piperidine rings is 1.